The van der Waals surface area contributed by atoms with Gasteiger partial charge in [-0.05, 0) is 117 Å². The predicted molar refractivity (Wildman–Crippen MR) is 166 cm³/mol. The van der Waals surface area contributed by atoms with Crippen LogP contribution in [0.2, 0.25) is 0 Å². The van der Waals surface area contributed by atoms with Crippen molar-refractivity contribution in [3.8, 4) is 28.4 Å². The quantitative estimate of drug-likeness (QED) is 0.142. The van der Waals surface area contributed by atoms with E-state index in [-0.39, 0.29) is 6.10 Å². The average molecular weight is 530 g/mol. The predicted octanol–water partition coefficient (Wildman–Crippen LogP) is 9.25. The maximum atomic E-state index is 6.20. The Labute approximate surface area is 239 Å². The van der Waals surface area contributed by atoms with E-state index in [2.05, 4.69) is 134 Å². The van der Waals surface area contributed by atoms with Gasteiger partial charge in [-0.15, -0.1) is 0 Å². The molecule has 0 aliphatic carbocycles. The van der Waals surface area contributed by atoms with Gasteiger partial charge in [0.15, 0.2) is 0 Å². The van der Waals surface area contributed by atoms with Crippen LogP contribution in [-0.4, -0.2) is 17.3 Å². The Kier molecular flexibility index (Phi) is 9.37. The highest BCUT2D eigenvalue weighted by atomic mass is 16.5. The van der Waals surface area contributed by atoms with Crippen molar-refractivity contribution in [2.45, 2.75) is 52.1 Å². The first-order valence-corrected chi connectivity index (χ1v) is 14.4. The van der Waals surface area contributed by atoms with Gasteiger partial charge < -0.3 is 14.0 Å². The van der Waals surface area contributed by atoms with E-state index in [1.54, 1.807) is 0 Å². The highest BCUT2D eigenvalue weighted by molar-refractivity contribution is 5.65. The monoisotopic (exact) mass is 529 g/mol. The number of ether oxygens (including phenoxy) is 2. The van der Waals surface area contributed by atoms with Gasteiger partial charge in [0.1, 0.15) is 11.5 Å². The van der Waals surface area contributed by atoms with Crippen LogP contribution in [0.5, 0.6) is 11.5 Å². The van der Waals surface area contributed by atoms with Gasteiger partial charge in [0, 0.05) is 17.8 Å². The molecule has 1 atom stereocenters. The Morgan fingerprint density at radius 2 is 1.27 bits per heavy atom. The van der Waals surface area contributed by atoms with Crippen LogP contribution in [0.3, 0.4) is 0 Å². The van der Waals surface area contributed by atoms with Crippen molar-refractivity contribution in [2.24, 2.45) is 0 Å². The molecule has 0 radical (unpaired) electrons. The molecule has 0 saturated heterocycles. The van der Waals surface area contributed by atoms with Gasteiger partial charge in [0.05, 0.1) is 18.4 Å². The highest BCUT2D eigenvalue weighted by Crippen LogP contribution is 2.29. The number of hydrogen-bond acceptors (Lipinski definition) is 2. The molecule has 0 bridgehead atoms. The molecule has 40 heavy (non-hydrogen) atoms. The van der Waals surface area contributed by atoms with Gasteiger partial charge in [0.25, 0.3) is 0 Å². The number of rotatable bonds is 13. The normalized spacial score (nSPS) is 11.8. The van der Waals surface area contributed by atoms with Gasteiger partial charge >= 0.3 is 0 Å². The average Bonchev–Trinajstić information content (AvgIpc) is 3.37. The smallest absolute Gasteiger partial charge is 0.119 e. The molecule has 0 fully saturated rings. The third-order valence-corrected chi connectivity index (χ3v) is 7.25. The second kappa shape index (κ2) is 13.7. The molecule has 3 heteroatoms. The van der Waals surface area contributed by atoms with Crippen LogP contribution < -0.4 is 9.47 Å². The van der Waals surface area contributed by atoms with Crippen molar-refractivity contribution in [1.82, 2.24) is 4.57 Å². The first-order chi connectivity index (χ1) is 19.7. The summed E-state index contributed by atoms with van der Waals surface area (Å²) >= 11 is 0. The van der Waals surface area contributed by atoms with E-state index >= 15 is 0 Å². The van der Waals surface area contributed by atoms with Crippen LogP contribution in [0.25, 0.3) is 16.9 Å². The number of aryl methyl sites for hydroxylation is 2. The van der Waals surface area contributed by atoms with Crippen molar-refractivity contribution >= 4 is 0 Å². The SMILES string of the molecule is Cc1ccc(-c2ccc(O[C@H](C)Cc3ccccc3)cc2)n1-c1ccc(OCCCCCc2ccccc2)cc1. The molecule has 4 aromatic carbocycles. The molecular weight excluding hydrogens is 490 g/mol. The summed E-state index contributed by atoms with van der Waals surface area (Å²) < 4.78 is 14.5. The molecule has 204 valence electrons. The molecule has 0 amide bonds. The molecule has 5 rings (SSSR count). The molecular formula is C37H39NO2. The lowest BCUT2D eigenvalue weighted by Crippen LogP contribution is -2.14. The molecule has 0 aliphatic heterocycles. The first kappa shape index (κ1) is 27.3. The molecule has 0 N–H and O–H groups in total. The number of benzene rings is 4. The summed E-state index contributed by atoms with van der Waals surface area (Å²) in [5, 5.41) is 0. The second-order valence-electron chi connectivity index (χ2n) is 10.5. The van der Waals surface area contributed by atoms with Gasteiger partial charge in [0.2, 0.25) is 0 Å². The zero-order valence-corrected chi connectivity index (χ0v) is 23.6. The Morgan fingerprint density at radius 3 is 1.98 bits per heavy atom. The van der Waals surface area contributed by atoms with Gasteiger partial charge in [-0.25, -0.2) is 0 Å². The summed E-state index contributed by atoms with van der Waals surface area (Å²) in [6.45, 7) is 5.02. The molecule has 0 aliphatic rings. The van der Waals surface area contributed by atoms with E-state index in [1.165, 1.54) is 29.7 Å². The number of nitrogens with zero attached hydrogens (tertiary/aromatic N) is 1. The fraction of sp³-hybridized carbons (Fsp3) is 0.243. The van der Waals surface area contributed by atoms with E-state index < -0.39 is 0 Å². The van der Waals surface area contributed by atoms with Crippen LogP contribution in [-0.2, 0) is 12.8 Å². The van der Waals surface area contributed by atoms with Crippen LogP contribution >= 0.6 is 0 Å². The summed E-state index contributed by atoms with van der Waals surface area (Å²) in [6.07, 6.45) is 5.57. The Bertz CT molecular complexity index is 1440. The fourth-order valence-electron chi connectivity index (χ4n) is 5.16. The maximum absolute atomic E-state index is 6.20. The highest BCUT2D eigenvalue weighted by Gasteiger charge is 2.11. The van der Waals surface area contributed by atoms with Crippen molar-refractivity contribution < 1.29 is 9.47 Å². The molecule has 0 unspecified atom stereocenters. The zero-order chi connectivity index (χ0) is 27.6. The molecule has 1 heterocycles. The molecule has 1 aromatic heterocycles. The minimum absolute atomic E-state index is 0.106. The van der Waals surface area contributed by atoms with E-state index in [1.807, 2.05) is 6.07 Å². The first-order valence-electron chi connectivity index (χ1n) is 14.4. The third-order valence-electron chi connectivity index (χ3n) is 7.25. The van der Waals surface area contributed by atoms with Crippen LogP contribution in [0.4, 0.5) is 0 Å². The molecule has 5 aromatic rings. The minimum atomic E-state index is 0.106. The van der Waals surface area contributed by atoms with Crippen molar-refractivity contribution in [3.63, 3.8) is 0 Å². The second-order valence-corrected chi connectivity index (χ2v) is 10.5. The fourth-order valence-corrected chi connectivity index (χ4v) is 5.16. The topological polar surface area (TPSA) is 23.4 Å². The van der Waals surface area contributed by atoms with Crippen molar-refractivity contribution in [1.29, 1.82) is 0 Å². The van der Waals surface area contributed by atoms with E-state index in [0.29, 0.717) is 0 Å². The molecule has 3 nitrogen and oxygen atoms in total. The standard InChI is InChI=1S/C37H39NO2/c1-29-17-26-37(33-18-22-36(23-19-33)40-30(2)28-32-15-8-4-9-16-32)38(29)34-20-24-35(25-21-34)39-27-11-5-10-14-31-12-6-3-7-13-31/h3-4,6-9,12-13,15-26,30H,5,10-11,14,27-28H2,1-2H3/t30-/m1/s1. The maximum Gasteiger partial charge on any atom is 0.119 e. The Hall–Kier alpha value is -4.24. The van der Waals surface area contributed by atoms with Gasteiger partial charge in [-0.1, -0.05) is 60.7 Å². The number of unbranched alkanes of at least 4 members (excludes halogenated alkanes) is 2. The molecule has 0 saturated carbocycles. The van der Waals surface area contributed by atoms with Crippen LogP contribution in [0.15, 0.2) is 121 Å². The van der Waals surface area contributed by atoms with Gasteiger partial charge in [-0.2, -0.15) is 0 Å². The van der Waals surface area contributed by atoms with Crippen molar-refractivity contribution in [2.75, 3.05) is 6.61 Å². The van der Waals surface area contributed by atoms with Crippen molar-refractivity contribution in [3.05, 3.63) is 138 Å². The lowest BCUT2D eigenvalue weighted by atomic mass is 10.1. The molecule has 0 spiro atoms. The van der Waals surface area contributed by atoms with E-state index in [0.717, 1.165) is 54.3 Å². The lowest BCUT2D eigenvalue weighted by Gasteiger charge is -2.16. The van der Waals surface area contributed by atoms with E-state index in [4.69, 9.17) is 9.47 Å². The zero-order valence-electron chi connectivity index (χ0n) is 23.6. The summed E-state index contributed by atoms with van der Waals surface area (Å²) in [5.41, 5.74) is 7.34. The van der Waals surface area contributed by atoms with Crippen LogP contribution in [0.1, 0.15) is 43.0 Å². The van der Waals surface area contributed by atoms with E-state index in [9.17, 15) is 0 Å². The lowest BCUT2D eigenvalue weighted by molar-refractivity contribution is 0.222. The summed E-state index contributed by atoms with van der Waals surface area (Å²) in [4.78, 5) is 0. The summed E-state index contributed by atoms with van der Waals surface area (Å²) in [7, 11) is 0. The van der Waals surface area contributed by atoms with Gasteiger partial charge in [-0.3, -0.25) is 0 Å². The Morgan fingerprint density at radius 1 is 0.625 bits per heavy atom. The number of hydrogen-bond donors (Lipinski definition) is 0. The Balaban J connectivity index is 1.15. The summed E-state index contributed by atoms with van der Waals surface area (Å²) in [6, 6.07) is 42.4. The third kappa shape index (κ3) is 7.45. The number of aromatic nitrogens is 1. The minimum Gasteiger partial charge on any atom is -0.494 e. The summed E-state index contributed by atoms with van der Waals surface area (Å²) in [5.74, 6) is 1.81. The largest absolute Gasteiger partial charge is 0.494 e. The van der Waals surface area contributed by atoms with Crippen LogP contribution in [0, 0.1) is 6.92 Å².